The van der Waals surface area contributed by atoms with Gasteiger partial charge in [0, 0.05) is 12.5 Å². The summed E-state index contributed by atoms with van der Waals surface area (Å²) in [7, 11) is 3.41. The minimum Gasteiger partial charge on any atom is -0.497 e. The Bertz CT molecular complexity index is 866. The van der Waals surface area contributed by atoms with Gasteiger partial charge in [0.25, 0.3) is 0 Å². The van der Waals surface area contributed by atoms with Crippen LogP contribution in [0.25, 0.3) is 0 Å². The number of hydrogen-bond acceptors (Lipinski definition) is 6. The SMILES string of the molecule is COc1ccc(CO[C@H]2[C@H]3C[C@@H](C)[C@H](OC)[C@H]3C[C@@](C)(O)[C@@H](O)C[C@H]3C(C)(C)[C@H](O)C[C@@]23C)cc1. The third-order valence-electron chi connectivity index (χ3n) is 10.1. The standard InChI is InChI=1S/C29H46O6/c1-17-12-20-21(25(17)34-7)14-29(5,32)23(30)13-22-27(2,3)24(31)15-28(22,4)26(20)35-16-18-8-10-19(33-6)11-9-18/h8-11,17,20-26,30-32H,12-16H2,1-7H3/t17-,20+,21+,22+,23+,24-,25+,26+,28-,29-/m1/s1. The van der Waals surface area contributed by atoms with Crippen molar-refractivity contribution in [3.05, 3.63) is 29.8 Å². The second kappa shape index (κ2) is 9.60. The highest BCUT2D eigenvalue weighted by molar-refractivity contribution is 5.26. The molecule has 0 aromatic heterocycles. The van der Waals surface area contributed by atoms with Crippen LogP contribution in [0.4, 0.5) is 0 Å². The van der Waals surface area contributed by atoms with E-state index in [1.807, 2.05) is 24.3 Å². The van der Waals surface area contributed by atoms with Crippen LogP contribution >= 0.6 is 0 Å². The Hall–Kier alpha value is -1.18. The zero-order valence-electron chi connectivity index (χ0n) is 22.5. The third-order valence-corrected chi connectivity index (χ3v) is 10.1. The third kappa shape index (κ3) is 4.66. The fourth-order valence-corrected chi connectivity index (χ4v) is 8.02. The van der Waals surface area contributed by atoms with E-state index in [1.54, 1.807) is 21.1 Å². The lowest BCUT2D eigenvalue weighted by atomic mass is 9.63. The van der Waals surface area contributed by atoms with Gasteiger partial charge < -0.3 is 29.5 Å². The lowest BCUT2D eigenvalue weighted by molar-refractivity contribution is -0.116. The van der Waals surface area contributed by atoms with Gasteiger partial charge in [0.15, 0.2) is 0 Å². The summed E-state index contributed by atoms with van der Waals surface area (Å²) in [5.74, 6) is 1.32. The summed E-state index contributed by atoms with van der Waals surface area (Å²) in [5.41, 5.74) is -0.930. The summed E-state index contributed by atoms with van der Waals surface area (Å²) >= 11 is 0. The minimum atomic E-state index is -1.24. The highest BCUT2D eigenvalue weighted by Gasteiger charge is 2.64. The maximum atomic E-state index is 11.5. The van der Waals surface area contributed by atoms with Crippen molar-refractivity contribution in [3.63, 3.8) is 0 Å². The molecule has 0 unspecified atom stereocenters. The van der Waals surface area contributed by atoms with Gasteiger partial charge >= 0.3 is 0 Å². The molecule has 35 heavy (non-hydrogen) atoms. The van der Waals surface area contributed by atoms with E-state index in [0.29, 0.717) is 31.8 Å². The van der Waals surface area contributed by atoms with E-state index >= 15 is 0 Å². The van der Waals surface area contributed by atoms with Crippen molar-refractivity contribution in [2.45, 2.75) is 96.9 Å². The molecule has 1 aromatic rings. The molecule has 0 aliphatic heterocycles. The van der Waals surface area contributed by atoms with Crippen molar-refractivity contribution in [2.75, 3.05) is 14.2 Å². The summed E-state index contributed by atoms with van der Waals surface area (Å²) in [6.45, 7) is 10.9. The molecule has 4 rings (SSSR count). The Morgan fingerprint density at radius 3 is 2.17 bits per heavy atom. The molecule has 0 bridgehead atoms. The molecule has 0 heterocycles. The first kappa shape index (κ1) is 26.9. The summed E-state index contributed by atoms with van der Waals surface area (Å²) in [6, 6.07) is 7.96. The number of aliphatic hydroxyl groups is 3. The fraction of sp³-hybridized carbons (Fsp3) is 0.793. The summed E-state index contributed by atoms with van der Waals surface area (Å²) in [6.07, 6.45) is 0.912. The summed E-state index contributed by atoms with van der Waals surface area (Å²) < 4.78 is 18.2. The first-order valence-corrected chi connectivity index (χ1v) is 13.2. The van der Waals surface area contributed by atoms with Crippen molar-refractivity contribution in [1.82, 2.24) is 0 Å². The van der Waals surface area contributed by atoms with E-state index in [-0.39, 0.29) is 35.4 Å². The average molecular weight is 491 g/mol. The number of rotatable bonds is 5. The molecule has 10 atom stereocenters. The van der Waals surface area contributed by atoms with Crippen LogP contribution in [0.1, 0.15) is 65.9 Å². The normalized spacial score (nSPS) is 45.2. The van der Waals surface area contributed by atoms with Crippen molar-refractivity contribution in [3.8, 4) is 5.75 Å². The Kier molecular flexibility index (Phi) is 7.37. The van der Waals surface area contributed by atoms with Gasteiger partial charge in [0.1, 0.15) is 5.75 Å². The Labute approximate surface area is 211 Å². The predicted molar refractivity (Wildman–Crippen MR) is 135 cm³/mol. The maximum absolute atomic E-state index is 11.5. The molecule has 6 heteroatoms. The van der Waals surface area contributed by atoms with E-state index in [9.17, 15) is 15.3 Å². The number of fused-ring (bicyclic) bond motifs is 2. The number of ether oxygens (including phenoxy) is 3. The zero-order chi connectivity index (χ0) is 25.8. The van der Waals surface area contributed by atoms with E-state index in [2.05, 4.69) is 27.7 Å². The molecular weight excluding hydrogens is 444 g/mol. The van der Waals surface area contributed by atoms with Crippen LogP contribution in [0.5, 0.6) is 5.75 Å². The number of aliphatic hydroxyl groups excluding tert-OH is 2. The van der Waals surface area contributed by atoms with E-state index < -0.39 is 23.2 Å². The summed E-state index contributed by atoms with van der Waals surface area (Å²) in [5, 5.41) is 34.0. The molecule has 3 fully saturated rings. The van der Waals surface area contributed by atoms with Gasteiger partial charge in [0.05, 0.1) is 43.7 Å². The Balaban J connectivity index is 1.77. The van der Waals surface area contributed by atoms with E-state index in [0.717, 1.165) is 17.7 Å². The summed E-state index contributed by atoms with van der Waals surface area (Å²) in [4.78, 5) is 0. The molecule has 0 radical (unpaired) electrons. The smallest absolute Gasteiger partial charge is 0.118 e. The van der Waals surface area contributed by atoms with Crippen LogP contribution in [0, 0.1) is 34.5 Å². The molecule has 3 aliphatic rings. The Morgan fingerprint density at radius 2 is 1.57 bits per heavy atom. The van der Waals surface area contributed by atoms with E-state index in [1.165, 1.54) is 0 Å². The molecule has 1 aromatic carbocycles. The molecule has 0 amide bonds. The molecule has 0 saturated heterocycles. The van der Waals surface area contributed by atoms with Gasteiger partial charge in [-0.15, -0.1) is 0 Å². The Morgan fingerprint density at radius 1 is 0.914 bits per heavy atom. The van der Waals surface area contributed by atoms with Crippen LogP contribution in [0.2, 0.25) is 0 Å². The van der Waals surface area contributed by atoms with Gasteiger partial charge in [-0.05, 0) is 79.4 Å². The minimum absolute atomic E-state index is 0.00903. The first-order valence-electron chi connectivity index (χ1n) is 13.2. The molecule has 198 valence electrons. The van der Waals surface area contributed by atoms with Gasteiger partial charge in [-0.25, -0.2) is 0 Å². The van der Waals surface area contributed by atoms with E-state index in [4.69, 9.17) is 14.2 Å². The van der Waals surface area contributed by atoms with Gasteiger partial charge in [-0.3, -0.25) is 0 Å². The molecule has 0 spiro atoms. The lowest BCUT2D eigenvalue weighted by Gasteiger charge is -2.46. The molecule has 3 aliphatic carbocycles. The molecule has 6 nitrogen and oxygen atoms in total. The van der Waals surface area contributed by atoms with Crippen LogP contribution in [-0.2, 0) is 16.1 Å². The second-order valence-corrected chi connectivity index (χ2v) is 12.7. The average Bonchev–Trinajstić information content (AvgIpc) is 3.19. The lowest BCUT2D eigenvalue weighted by Crippen LogP contribution is -2.47. The molecule has 3 saturated carbocycles. The van der Waals surface area contributed by atoms with Crippen LogP contribution in [0.15, 0.2) is 24.3 Å². The van der Waals surface area contributed by atoms with Crippen LogP contribution in [0.3, 0.4) is 0 Å². The highest BCUT2D eigenvalue weighted by atomic mass is 16.5. The van der Waals surface area contributed by atoms with Crippen molar-refractivity contribution in [1.29, 1.82) is 0 Å². The van der Waals surface area contributed by atoms with Gasteiger partial charge in [0.2, 0.25) is 0 Å². The second-order valence-electron chi connectivity index (χ2n) is 12.7. The zero-order valence-corrected chi connectivity index (χ0v) is 22.5. The first-order chi connectivity index (χ1) is 16.3. The highest BCUT2D eigenvalue weighted by Crippen LogP contribution is 2.63. The monoisotopic (exact) mass is 490 g/mol. The number of methoxy groups -OCH3 is 2. The largest absolute Gasteiger partial charge is 0.497 e. The quantitative estimate of drug-likeness (QED) is 0.574. The van der Waals surface area contributed by atoms with Crippen LogP contribution < -0.4 is 4.74 Å². The van der Waals surface area contributed by atoms with Crippen molar-refractivity contribution >= 4 is 0 Å². The van der Waals surface area contributed by atoms with Crippen molar-refractivity contribution in [2.24, 2.45) is 34.5 Å². The fourth-order valence-electron chi connectivity index (χ4n) is 8.02. The topological polar surface area (TPSA) is 88.4 Å². The van der Waals surface area contributed by atoms with Crippen LogP contribution in [-0.4, -0.2) is 59.6 Å². The number of benzene rings is 1. The van der Waals surface area contributed by atoms with Gasteiger partial charge in [-0.1, -0.05) is 39.8 Å². The predicted octanol–water partition coefficient (Wildman–Crippen LogP) is 4.19. The van der Waals surface area contributed by atoms with Crippen molar-refractivity contribution < 1.29 is 29.5 Å². The molecular formula is C29H46O6. The molecule has 3 N–H and O–H groups in total. The number of hydrogen-bond donors (Lipinski definition) is 3. The van der Waals surface area contributed by atoms with Gasteiger partial charge in [-0.2, -0.15) is 0 Å². The maximum Gasteiger partial charge on any atom is 0.118 e.